The van der Waals surface area contributed by atoms with Gasteiger partial charge in [-0.05, 0) is 55.3 Å². The topological polar surface area (TPSA) is 120 Å². The number of carboxylic acids is 2. The largest absolute Gasteiger partial charge is 0.481 e. The number of anilines is 1. The normalized spacial score (nSPS) is 14.5. The number of aliphatic carboxylic acids is 1. The second kappa shape index (κ2) is 9.35. The van der Waals surface area contributed by atoms with Crippen molar-refractivity contribution < 1.29 is 29.0 Å². The number of furan rings is 1. The minimum Gasteiger partial charge on any atom is -0.481 e. The predicted octanol–water partition coefficient (Wildman–Crippen LogP) is 4.69. The van der Waals surface area contributed by atoms with E-state index in [1.54, 1.807) is 12.1 Å². The molecule has 2 N–H and O–H groups in total. The zero-order valence-electron chi connectivity index (χ0n) is 17.5. The van der Waals surface area contributed by atoms with E-state index in [0.717, 1.165) is 5.56 Å². The third-order valence-electron chi connectivity index (χ3n) is 5.09. The van der Waals surface area contributed by atoms with Crippen molar-refractivity contribution in [1.29, 1.82) is 0 Å². The summed E-state index contributed by atoms with van der Waals surface area (Å²) in [6, 6.07) is 18.9. The van der Waals surface area contributed by atoms with Crippen LogP contribution in [0.15, 0.2) is 81.8 Å². The smallest absolute Gasteiger partial charge is 0.335 e. The van der Waals surface area contributed by atoms with Crippen LogP contribution in [0.5, 0.6) is 0 Å². The Labute approximate surface area is 189 Å². The maximum atomic E-state index is 13.2. The molecule has 0 unspecified atom stereocenters. The van der Waals surface area contributed by atoms with E-state index < -0.39 is 17.8 Å². The lowest BCUT2D eigenvalue weighted by molar-refractivity contribution is -0.137. The predicted molar refractivity (Wildman–Crippen MR) is 122 cm³/mol. The molecule has 166 valence electrons. The minimum absolute atomic E-state index is 0.0489. The average Bonchev–Trinajstić information content (AvgIpc) is 3.40. The van der Waals surface area contributed by atoms with Crippen molar-refractivity contribution in [1.82, 2.24) is 0 Å². The summed E-state index contributed by atoms with van der Waals surface area (Å²) >= 11 is 0. The summed E-state index contributed by atoms with van der Waals surface area (Å²) in [4.78, 5) is 35.2. The van der Waals surface area contributed by atoms with Crippen LogP contribution in [0.4, 0.5) is 5.69 Å². The third kappa shape index (κ3) is 4.90. The summed E-state index contributed by atoms with van der Waals surface area (Å²) in [6.07, 6.45) is 2.16. The highest BCUT2D eigenvalue weighted by Crippen LogP contribution is 2.29. The number of hydrogen-bond acceptors (Lipinski definition) is 5. The summed E-state index contributed by atoms with van der Waals surface area (Å²) in [5.74, 6) is -1.28. The van der Waals surface area contributed by atoms with Gasteiger partial charge in [0.15, 0.2) is 0 Å². The Morgan fingerprint density at radius 1 is 0.970 bits per heavy atom. The molecule has 33 heavy (non-hydrogen) atoms. The summed E-state index contributed by atoms with van der Waals surface area (Å²) in [5, 5.41) is 23.6. The van der Waals surface area contributed by atoms with Crippen molar-refractivity contribution in [3.05, 3.63) is 83.6 Å². The number of benzene rings is 2. The molecular weight excluding hydrogens is 424 g/mol. The van der Waals surface area contributed by atoms with Crippen LogP contribution in [-0.4, -0.2) is 33.8 Å². The fourth-order valence-corrected chi connectivity index (χ4v) is 3.44. The summed E-state index contributed by atoms with van der Waals surface area (Å²) < 4.78 is 5.89. The lowest BCUT2D eigenvalue weighted by Crippen LogP contribution is -2.21. The molecule has 1 aromatic heterocycles. The fraction of sp³-hybridized carbons (Fsp3) is 0.120. The Bertz CT molecular complexity index is 1260. The number of carbonyl (C=O) groups excluding carboxylic acids is 1. The molecule has 0 bridgehead atoms. The van der Waals surface area contributed by atoms with Gasteiger partial charge in [-0.1, -0.05) is 30.3 Å². The van der Waals surface area contributed by atoms with Crippen molar-refractivity contribution in [2.45, 2.75) is 19.3 Å². The molecule has 0 fully saturated rings. The number of aromatic carboxylic acids is 1. The van der Waals surface area contributed by atoms with Gasteiger partial charge >= 0.3 is 11.9 Å². The van der Waals surface area contributed by atoms with Crippen LogP contribution in [-0.2, 0) is 9.59 Å². The van der Waals surface area contributed by atoms with E-state index in [-0.39, 0.29) is 12.0 Å². The van der Waals surface area contributed by atoms with Crippen molar-refractivity contribution in [3.8, 4) is 11.3 Å². The first-order valence-corrected chi connectivity index (χ1v) is 10.3. The maximum absolute atomic E-state index is 13.2. The van der Waals surface area contributed by atoms with Crippen LogP contribution in [0.1, 0.15) is 35.4 Å². The van der Waals surface area contributed by atoms with Crippen LogP contribution in [0, 0.1) is 0 Å². The van der Waals surface area contributed by atoms with Crippen LogP contribution < -0.4 is 5.01 Å². The molecule has 2 aromatic carbocycles. The van der Waals surface area contributed by atoms with E-state index in [9.17, 15) is 14.4 Å². The number of carboxylic acid groups (broad SMARTS) is 2. The van der Waals surface area contributed by atoms with Gasteiger partial charge in [0.05, 0.1) is 22.5 Å². The van der Waals surface area contributed by atoms with Crippen LogP contribution in [0.3, 0.4) is 0 Å². The quantitative estimate of drug-likeness (QED) is 0.487. The molecule has 0 aliphatic carbocycles. The van der Waals surface area contributed by atoms with Gasteiger partial charge in [0.2, 0.25) is 0 Å². The zero-order valence-corrected chi connectivity index (χ0v) is 17.5. The second-order valence-corrected chi connectivity index (χ2v) is 7.39. The van der Waals surface area contributed by atoms with Gasteiger partial charge in [0, 0.05) is 12.0 Å². The Kier molecular flexibility index (Phi) is 6.17. The Morgan fingerprint density at radius 2 is 1.70 bits per heavy atom. The molecule has 3 aromatic rings. The number of nitrogens with zero attached hydrogens (tertiary/aromatic N) is 2. The molecule has 1 aliphatic heterocycles. The summed E-state index contributed by atoms with van der Waals surface area (Å²) in [7, 11) is 0. The van der Waals surface area contributed by atoms with Gasteiger partial charge in [0.1, 0.15) is 11.5 Å². The van der Waals surface area contributed by atoms with Crippen molar-refractivity contribution in [2.75, 3.05) is 5.01 Å². The molecule has 0 saturated carbocycles. The van der Waals surface area contributed by atoms with E-state index in [1.807, 2.05) is 36.4 Å². The zero-order chi connectivity index (χ0) is 23.4. The van der Waals surface area contributed by atoms with Crippen molar-refractivity contribution >= 4 is 35.3 Å². The number of rotatable bonds is 8. The van der Waals surface area contributed by atoms with Gasteiger partial charge in [-0.25, -0.2) is 4.79 Å². The van der Waals surface area contributed by atoms with Gasteiger partial charge in [-0.3, -0.25) is 9.59 Å². The van der Waals surface area contributed by atoms with Crippen LogP contribution in [0.2, 0.25) is 0 Å². The molecule has 0 spiro atoms. The van der Waals surface area contributed by atoms with E-state index in [1.165, 1.54) is 29.3 Å². The molecule has 1 amide bonds. The van der Waals surface area contributed by atoms with Gasteiger partial charge in [-0.15, -0.1) is 0 Å². The fourth-order valence-electron chi connectivity index (χ4n) is 3.44. The SMILES string of the molecule is O=C(O)CCCC1=NN(c2ccc(C(=O)O)cc2)C(=O)C1=Cc1ccc(-c2ccccc2)o1. The Balaban J connectivity index is 1.64. The number of hydrogen-bond donors (Lipinski definition) is 2. The van der Waals surface area contributed by atoms with Crippen LogP contribution >= 0.6 is 0 Å². The first-order chi connectivity index (χ1) is 15.9. The lowest BCUT2D eigenvalue weighted by atomic mass is 10.0. The minimum atomic E-state index is -1.07. The molecule has 1 aliphatic rings. The lowest BCUT2D eigenvalue weighted by Gasteiger charge is -2.11. The maximum Gasteiger partial charge on any atom is 0.335 e. The number of amides is 1. The Morgan fingerprint density at radius 3 is 2.36 bits per heavy atom. The van der Waals surface area contributed by atoms with Gasteiger partial charge in [-0.2, -0.15) is 10.1 Å². The molecule has 8 heteroatoms. The molecule has 2 heterocycles. The highest BCUT2D eigenvalue weighted by atomic mass is 16.4. The molecule has 8 nitrogen and oxygen atoms in total. The molecule has 0 saturated heterocycles. The van der Waals surface area contributed by atoms with Crippen molar-refractivity contribution in [3.63, 3.8) is 0 Å². The number of hydrazone groups is 1. The second-order valence-electron chi connectivity index (χ2n) is 7.39. The summed E-state index contributed by atoms with van der Waals surface area (Å²) in [6.45, 7) is 0. The van der Waals surface area contributed by atoms with Crippen molar-refractivity contribution in [2.24, 2.45) is 5.10 Å². The van der Waals surface area contributed by atoms with Crippen LogP contribution in [0.25, 0.3) is 17.4 Å². The molecule has 0 radical (unpaired) electrons. The van der Waals surface area contributed by atoms with Gasteiger partial charge in [0.25, 0.3) is 5.91 Å². The van der Waals surface area contributed by atoms with E-state index in [2.05, 4.69) is 5.10 Å². The van der Waals surface area contributed by atoms with Gasteiger partial charge < -0.3 is 14.6 Å². The highest BCUT2D eigenvalue weighted by Gasteiger charge is 2.31. The molecule has 0 atom stereocenters. The Hall–Kier alpha value is -4.46. The average molecular weight is 444 g/mol. The first kappa shape index (κ1) is 21.8. The monoisotopic (exact) mass is 444 g/mol. The summed E-state index contributed by atoms with van der Waals surface area (Å²) in [5.41, 5.74) is 2.15. The van der Waals surface area contributed by atoms with E-state index in [4.69, 9.17) is 14.6 Å². The van der Waals surface area contributed by atoms with E-state index in [0.29, 0.717) is 41.3 Å². The highest BCUT2D eigenvalue weighted by molar-refractivity contribution is 6.32. The third-order valence-corrected chi connectivity index (χ3v) is 5.09. The molecule has 4 rings (SSSR count). The molecular formula is C25H20N2O6. The standard InChI is InChI=1S/C25H20N2O6/c28-23(29)8-4-7-21-20(15-19-13-14-22(33-19)16-5-2-1-3-6-16)24(30)27(26-21)18-11-9-17(10-12-18)25(31)32/h1-3,5-6,9-15H,4,7-8H2,(H,28,29)(H,31,32). The number of carbonyl (C=O) groups is 3. The van der Waals surface area contributed by atoms with E-state index >= 15 is 0 Å². The first-order valence-electron chi connectivity index (χ1n) is 10.3.